The minimum Gasteiger partial charge on any atom is -0.450 e. The predicted molar refractivity (Wildman–Crippen MR) is 81.0 cm³/mol. The van der Waals surface area contributed by atoms with Gasteiger partial charge in [-0.2, -0.15) is 0 Å². The molecule has 0 bridgehead atoms. The Kier molecular flexibility index (Phi) is 8.52. The summed E-state index contributed by atoms with van der Waals surface area (Å²) in [5, 5.41) is 8.66. The second-order valence-corrected chi connectivity index (χ2v) is 5.23. The van der Waals surface area contributed by atoms with Crippen LogP contribution in [0, 0.1) is 0 Å². The molecule has 1 aromatic rings. The largest absolute Gasteiger partial charge is 0.506 e. The molecule has 0 saturated carbocycles. The molecule has 0 fully saturated rings. The highest BCUT2D eigenvalue weighted by atomic mass is 16.7. The van der Waals surface area contributed by atoms with E-state index in [1.807, 2.05) is 6.07 Å². The third kappa shape index (κ3) is 7.82. The van der Waals surface area contributed by atoms with Crippen LogP contribution in [0.25, 0.3) is 0 Å². The Labute approximate surface area is 122 Å². The van der Waals surface area contributed by atoms with Crippen LogP contribution < -0.4 is 0 Å². The summed E-state index contributed by atoms with van der Waals surface area (Å²) in [7, 11) is 0. The molecule has 0 saturated heterocycles. The number of ether oxygens (including phenoxy) is 1. The molecule has 0 heterocycles. The molecule has 0 radical (unpaired) electrons. The summed E-state index contributed by atoms with van der Waals surface area (Å²) in [5.74, 6) is 0. The van der Waals surface area contributed by atoms with Crippen LogP contribution in [0.5, 0.6) is 0 Å². The van der Waals surface area contributed by atoms with Crippen LogP contribution in [0.4, 0.5) is 4.79 Å². The van der Waals surface area contributed by atoms with E-state index in [4.69, 9.17) is 9.84 Å². The third-order valence-corrected chi connectivity index (χ3v) is 3.46. The van der Waals surface area contributed by atoms with Gasteiger partial charge in [-0.25, -0.2) is 4.79 Å². The summed E-state index contributed by atoms with van der Waals surface area (Å²) >= 11 is 0. The van der Waals surface area contributed by atoms with E-state index in [0.29, 0.717) is 0 Å². The van der Waals surface area contributed by atoms with Gasteiger partial charge in [-0.1, -0.05) is 56.5 Å². The minimum absolute atomic E-state index is 0.119. The van der Waals surface area contributed by atoms with Crippen LogP contribution in [0.3, 0.4) is 0 Å². The van der Waals surface area contributed by atoms with Crippen molar-refractivity contribution in [1.82, 2.24) is 0 Å². The fraction of sp³-hybridized carbons (Fsp3) is 0.588. The molecule has 1 rings (SSSR count). The number of hydrogen-bond donors (Lipinski definition) is 1. The minimum atomic E-state index is -1.15. The van der Waals surface area contributed by atoms with E-state index in [0.717, 1.165) is 38.5 Å². The van der Waals surface area contributed by atoms with E-state index in [1.165, 1.54) is 18.4 Å². The molecule has 3 nitrogen and oxygen atoms in total. The molecule has 112 valence electrons. The second-order valence-electron chi connectivity index (χ2n) is 5.23. The molecular formula is C17H26O3. The van der Waals surface area contributed by atoms with Crippen molar-refractivity contribution in [3.05, 3.63) is 35.9 Å². The van der Waals surface area contributed by atoms with Crippen molar-refractivity contribution >= 4 is 6.16 Å². The molecule has 1 aromatic carbocycles. The average molecular weight is 278 g/mol. The van der Waals surface area contributed by atoms with Gasteiger partial charge in [0.1, 0.15) is 6.10 Å². The van der Waals surface area contributed by atoms with Crippen LogP contribution in [-0.2, 0) is 11.2 Å². The van der Waals surface area contributed by atoms with Crippen LogP contribution >= 0.6 is 0 Å². The van der Waals surface area contributed by atoms with Gasteiger partial charge in [0.15, 0.2) is 0 Å². The van der Waals surface area contributed by atoms with Gasteiger partial charge in [0.05, 0.1) is 0 Å². The van der Waals surface area contributed by atoms with Crippen LogP contribution in [0.2, 0.25) is 0 Å². The van der Waals surface area contributed by atoms with Gasteiger partial charge in [0, 0.05) is 0 Å². The zero-order valence-electron chi connectivity index (χ0n) is 12.4. The molecule has 0 aliphatic carbocycles. The van der Waals surface area contributed by atoms with Crippen molar-refractivity contribution in [2.75, 3.05) is 0 Å². The normalized spacial score (nSPS) is 12.1. The average Bonchev–Trinajstić information content (AvgIpc) is 2.43. The highest BCUT2D eigenvalue weighted by Crippen LogP contribution is 2.14. The maximum absolute atomic E-state index is 10.6. The van der Waals surface area contributed by atoms with E-state index >= 15 is 0 Å². The molecule has 0 aromatic heterocycles. The summed E-state index contributed by atoms with van der Waals surface area (Å²) in [6, 6.07) is 10.5. The summed E-state index contributed by atoms with van der Waals surface area (Å²) in [4.78, 5) is 10.6. The number of aryl methyl sites for hydroxylation is 1. The first-order valence-corrected chi connectivity index (χ1v) is 7.66. The van der Waals surface area contributed by atoms with Crippen molar-refractivity contribution in [3.63, 3.8) is 0 Å². The maximum Gasteiger partial charge on any atom is 0.506 e. The lowest BCUT2D eigenvalue weighted by atomic mass is 10.0. The van der Waals surface area contributed by atoms with Crippen molar-refractivity contribution in [1.29, 1.82) is 0 Å². The van der Waals surface area contributed by atoms with Crippen LogP contribution in [0.1, 0.15) is 57.4 Å². The van der Waals surface area contributed by atoms with Gasteiger partial charge >= 0.3 is 6.16 Å². The Balaban J connectivity index is 2.06. The fourth-order valence-corrected chi connectivity index (χ4v) is 2.43. The SMILES string of the molecule is CCCC(CCCCCCc1ccccc1)OC(=O)O. The van der Waals surface area contributed by atoms with E-state index < -0.39 is 6.16 Å². The summed E-state index contributed by atoms with van der Waals surface area (Å²) < 4.78 is 4.88. The molecule has 0 aliphatic heterocycles. The highest BCUT2D eigenvalue weighted by Gasteiger charge is 2.11. The van der Waals surface area contributed by atoms with Gasteiger partial charge in [0.2, 0.25) is 0 Å². The van der Waals surface area contributed by atoms with Crippen molar-refractivity contribution < 1.29 is 14.6 Å². The standard InChI is InChI=1S/C17H26O3/c1-2-10-16(20-17(18)19)14-9-4-3-6-11-15-12-7-5-8-13-15/h5,7-8,12-13,16H,2-4,6,9-11,14H2,1H3,(H,18,19). The lowest BCUT2D eigenvalue weighted by molar-refractivity contribution is 0.0431. The number of unbranched alkanes of at least 4 members (excludes halogenated alkanes) is 3. The van der Waals surface area contributed by atoms with Crippen LogP contribution in [-0.4, -0.2) is 17.4 Å². The molecular weight excluding hydrogens is 252 g/mol. The first-order valence-electron chi connectivity index (χ1n) is 7.66. The third-order valence-electron chi connectivity index (χ3n) is 3.46. The number of hydrogen-bond acceptors (Lipinski definition) is 2. The van der Waals surface area contributed by atoms with E-state index in [2.05, 4.69) is 31.2 Å². The first-order chi connectivity index (χ1) is 9.72. The quantitative estimate of drug-likeness (QED) is 0.481. The Bertz CT molecular complexity index is 362. The smallest absolute Gasteiger partial charge is 0.450 e. The Morgan fingerprint density at radius 3 is 2.45 bits per heavy atom. The zero-order valence-corrected chi connectivity index (χ0v) is 12.4. The van der Waals surface area contributed by atoms with Gasteiger partial charge < -0.3 is 9.84 Å². The fourth-order valence-electron chi connectivity index (χ4n) is 2.43. The van der Waals surface area contributed by atoms with E-state index in [1.54, 1.807) is 0 Å². The van der Waals surface area contributed by atoms with Crippen LogP contribution in [0.15, 0.2) is 30.3 Å². The van der Waals surface area contributed by atoms with Gasteiger partial charge in [-0.05, 0) is 37.7 Å². The van der Waals surface area contributed by atoms with E-state index in [9.17, 15) is 4.79 Å². The van der Waals surface area contributed by atoms with Crippen molar-refractivity contribution in [2.45, 2.75) is 64.4 Å². The monoisotopic (exact) mass is 278 g/mol. The molecule has 1 atom stereocenters. The van der Waals surface area contributed by atoms with Crippen molar-refractivity contribution in [3.8, 4) is 0 Å². The van der Waals surface area contributed by atoms with Gasteiger partial charge in [0.25, 0.3) is 0 Å². The summed E-state index contributed by atoms with van der Waals surface area (Å²) in [6.07, 6.45) is 7.10. The lowest BCUT2D eigenvalue weighted by Gasteiger charge is -2.14. The molecule has 20 heavy (non-hydrogen) atoms. The molecule has 0 aliphatic rings. The maximum atomic E-state index is 10.6. The Hall–Kier alpha value is -1.51. The topological polar surface area (TPSA) is 46.5 Å². The summed E-state index contributed by atoms with van der Waals surface area (Å²) in [5.41, 5.74) is 1.39. The number of benzene rings is 1. The van der Waals surface area contributed by atoms with E-state index in [-0.39, 0.29) is 6.10 Å². The predicted octanol–water partition coefficient (Wildman–Crippen LogP) is 5.04. The molecule has 1 unspecified atom stereocenters. The molecule has 1 N–H and O–H groups in total. The van der Waals surface area contributed by atoms with Crippen molar-refractivity contribution in [2.24, 2.45) is 0 Å². The number of rotatable bonds is 10. The first kappa shape index (κ1) is 16.5. The number of carboxylic acid groups (broad SMARTS) is 1. The second kappa shape index (κ2) is 10.3. The van der Waals surface area contributed by atoms with Gasteiger partial charge in [-0.15, -0.1) is 0 Å². The number of carbonyl (C=O) groups is 1. The van der Waals surface area contributed by atoms with Gasteiger partial charge in [-0.3, -0.25) is 0 Å². The Morgan fingerprint density at radius 1 is 1.10 bits per heavy atom. The molecule has 0 amide bonds. The zero-order chi connectivity index (χ0) is 14.6. The lowest BCUT2D eigenvalue weighted by Crippen LogP contribution is -2.16. The Morgan fingerprint density at radius 2 is 1.80 bits per heavy atom. The molecule has 0 spiro atoms. The summed E-state index contributed by atoms with van der Waals surface area (Å²) in [6.45, 7) is 2.05. The molecule has 3 heteroatoms. The highest BCUT2D eigenvalue weighted by molar-refractivity contribution is 5.57.